The lowest BCUT2D eigenvalue weighted by atomic mass is 10.0. The van der Waals surface area contributed by atoms with Gasteiger partial charge in [-0.15, -0.1) is 0 Å². The van der Waals surface area contributed by atoms with E-state index >= 15 is 0 Å². The zero-order valence-electron chi connectivity index (χ0n) is 11.1. The molecule has 2 aromatic rings. The molecule has 0 aliphatic heterocycles. The van der Waals surface area contributed by atoms with Gasteiger partial charge in [-0.25, -0.2) is 0 Å². The Balaban J connectivity index is 1.63. The van der Waals surface area contributed by atoms with Crippen LogP contribution >= 0.6 is 15.9 Å². The molecule has 19 heavy (non-hydrogen) atoms. The second-order valence-electron chi connectivity index (χ2n) is 5.37. The Hall–Kier alpha value is -1.08. The standard InChI is InChI=1S/C18H19Br/c19-18(16-5-2-1-3-6-16)12-10-14-9-11-15-7-4-8-17(15)13-14/h1-3,5-6,9,11,13,18H,4,7-8,10,12H2. The summed E-state index contributed by atoms with van der Waals surface area (Å²) in [6.07, 6.45) is 6.20. The molecule has 3 rings (SSSR count). The lowest BCUT2D eigenvalue weighted by molar-refractivity contribution is 0.812. The van der Waals surface area contributed by atoms with E-state index in [2.05, 4.69) is 64.5 Å². The Bertz CT molecular complexity index is 545. The molecule has 0 saturated heterocycles. The van der Waals surface area contributed by atoms with Crippen LogP contribution in [0.2, 0.25) is 0 Å². The highest BCUT2D eigenvalue weighted by atomic mass is 79.9. The highest BCUT2D eigenvalue weighted by molar-refractivity contribution is 9.09. The molecule has 0 aromatic heterocycles. The van der Waals surface area contributed by atoms with Gasteiger partial charge in [0.1, 0.15) is 0 Å². The monoisotopic (exact) mass is 314 g/mol. The molecule has 1 unspecified atom stereocenters. The molecule has 0 fully saturated rings. The van der Waals surface area contributed by atoms with Crippen molar-refractivity contribution in [3.05, 3.63) is 70.8 Å². The van der Waals surface area contributed by atoms with Crippen LogP contribution < -0.4 is 0 Å². The first-order valence-corrected chi connectivity index (χ1v) is 8.04. The van der Waals surface area contributed by atoms with Gasteiger partial charge >= 0.3 is 0 Å². The molecular formula is C18H19Br. The maximum absolute atomic E-state index is 3.81. The molecule has 0 spiro atoms. The molecule has 0 heterocycles. The molecule has 0 saturated carbocycles. The average Bonchev–Trinajstić information content (AvgIpc) is 2.93. The van der Waals surface area contributed by atoms with Gasteiger partial charge in [0.25, 0.3) is 0 Å². The van der Waals surface area contributed by atoms with Gasteiger partial charge in [0.15, 0.2) is 0 Å². The van der Waals surface area contributed by atoms with Gasteiger partial charge in [0, 0.05) is 4.83 Å². The van der Waals surface area contributed by atoms with Crippen LogP contribution in [-0.2, 0) is 19.3 Å². The molecule has 1 aliphatic rings. The van der Waals surface area contributed by atoms with Crippen LogP contribution in [0.1, 0.15) is 39.9 Å². The van der Waals surface area contributed by atoms with Crippen molar-refractivity contribution in [3.8, 4) is 0 Å². The third kappa shape index (κ3) is 3.09. The predicted molar refractivity (Wildman–Crippen MR) is 84.9 cm³/mol. The third-order valence-corrected chi connectivity index (χ3v) is 5.00. The second kappa shape index (κ2) is 5.92. The number of benzene rings is 2. The van der Waals surface area contributed by atoms with Crippen molar-refractivity contribution >= 4 is 15.9 Å². The first-order valence-electron chi connectivity index (χ1n) is 7.12. The van der Waals surface area contributed by atoms with Crippen LogP contribution in [0.4, 0.5) is 0 Å². The van der Waals surface area contributed by atoms with Crippen LogP contribution in [0.15, 0.2) is 48.5 Å². The molecule has 0 bridgehead atoms. The predicted octanol–water partition coefficient (Wildman–Crippen LogP) is 5.24. The number of hydrogen-bond acceptors (Lipinski definition) is 0. The fourth-order valence-electron chi connectivity index (χ4n) is 2.90. The number of aryl methyl sites for hydroxylation is 3. The van der Waals surface area contributed by atoms with Gasteiger partial charge in [-0.05, 0) is 54.4 Å². The van der Waals surface area contributed by atoms with Gasteiger partial charge in [0.2, 0.25) is 0 Å². The zero-order chi connectivity index (χ0) is 13.1. The highest BCUT2D eigenvalue weighted by Gasteiger charge is 2.12. The second-order valence-corrected chi connectivity index (χ2v) is 6.48. The fourth-order valence-corrected chi connectivity index (χ4v) is 3.44. The summed E-state index contributed by atoms with van der Waals surface area (Å²) in [6, 6.07) is 17.8. The lowest BCUT2D eigenvalue weighted by Gasteiger charge is -2.11. The van der Waals surface area contributed by atoms with E-state index in [1.807, 2.05) is 0 Å². The van der Waals surface area contributed by atoms with Gasteiger partial charge < -0.3 is 0 Å². The Labute approximate surface area is 124 Å². The first kappa shape index (κ1) is 12.9. The van der Waals surface area contributed by atoms with Crippen molar-refractivity contribution in [3.63, 3.8) is 0 Å². The molecule has 1 heteroatoms. The average molecular weight is 315 g/mol. The molecule has 1 atom stereocenters. The maximum atomic E-state index is 3.81. The van der Waals surface area contributed by atoms with Crippen LogP contribution in [0.5, 0.6) is 0 Å². The van der Waals surface area contributed by atoms with Gasteiger partial charge in [-0.2, -0.15) is 0 Å². The summed E-state index contributed by atoms with van der Waals surface area (Å²) in [5.41, 5.74) is 6.02. The minimum Gasteiger partial charge on any atom is -0.0839 e. The quantitative estimate of drug-likeness (QED) is 0.677. The van der Waals surface area contributed by atoms with Crippen molar-refractivity contribution < 1.29 is 0 Å². The minimum atomic E-state index is 0.460. The summed E-state index contributed by atoms with van der Waals surface area (Å²) in [4.78, 5) is 0.460. The molecule has 0 N–H and O–H groups in total. The molecular weight excluding hydrogens is 296 g/mol. The van der Waals surface area contributed by atoms with Crippen molar-refractivity contribution in [2.75, 3.05) is 0 Å². The fraction of sp³-hybridized carbons (Fsp3) is 0.333. The Morgan fingerprint density at radius 1 is 0.947 bits per heavy atom. The van der Waals surface area contributed by atoms with Crippen molar-refractivity contribution in [1.82, 2.24) is 0 Å². The largest absolute Gasteiger partial charge is 0.0839 e. The van der Waals surface area contributed by atoms with Crippen LogP contribution in [0, 0.1) is 0 Å². The minimum absolute atomic E-state index is 0.460. The zero-order valence-corrected chi connectivity index (χ0v) is 12.7. The van der Waals surface area contributed by atoms with Crippen molar-refractivity contribution in [1.29, 1.82) is 0 Å². The van der Waals surface area contributed by atoms with E-state index in [1.165, 1.54) is 30.4 Å². The van der Waals surface area contributed by atoms with Gasteiger partial charge in [-0.1, -0.05) is 64.5 Å². The lowest BCUT2D eigenvalue weighted by Crippen LogP contribution is -1.94. The molecule has 0 nitrogen and oxygen atoms in total. The van der Waals surface area contributed by atoms with E-state index in [9.17, 15) is 0 Å². The number of halogens is 1. The number of alkyl halides is 1. The molecule has 1 aliphatic carbocycles. The Morgan fingerprint density at radius 2 is 1.74 bits per heavy atom. The molecule has 0 radical (unpaired) electrons. The molecule has 0 amide bonds. The van der Waals surface area contributed by atoms with Gasteiger partial charge in [-0.3, -0.25) is 0 Å². The summed E-state index contributed by atoms with van der Waals surface area (Å²) in [7, 11) is 0. The first-order chi connectivity index (χ1) is 9.33. The van der Waals surface area contributed by atoms with E-state index < -0.39 is 0 Å². The number of hydrogen-bond donors (Lipinski definition) is 0. The summed E-state index contributed by atoms with van der Waals surface area (Å²) in [5, 5.41) is 0. The Morgan fingerprint density at radius 3 is 2.58 bits per heavy atom. The van der Waals surface area contributed by atoms with Crippen LogP contribution in [0.3, 0.4) is 0 Å². The smallest absolute Gasteiger partial charge is 0.0398 e. The van der Waals surface area contributed by atoms with Crippen LogP contribution in [-0.4, -0.2) is 0 Å². The van der Waals surface area contributed by atoms with E-state index in [0.29, 0.717) is 4.83 Å². The van der Waals surface area contributed by atoms with Crippen LogP contribution in [0.25, 0.3) is 0 Å². The SMILES string of the molecule is BrC(CCc1ccc2c(c1)CCC2)c1ccccc1. The number of fused-ring (bicyclic) bond motifs is 1. The molecule has 2 aromatic carbocycles. The normalized spacial score (nSPS) is 15.2. The Kier molecular flexibility index (Phi) is 4.03. The summed E-state index contributed by atoms with van der Waals surface area (Å²) >= 11 is 3.81. The van der Waals surface area contributed by atoms with E-state index in [1.54, 1.807) is 11.1 Å². The maximum Gasteiger partial charge on any atom is 0.0398 e. The van der Waals surface area contributed by atoms with Gasteiger partial charge in [0.05, 0.1) is 0 Å². The van der Waals surface area contributed by atoms with E-state index in [-0.39, 0.29) is 0 Å². The van der Waals surface area contributed by atoms with E-state index in [4.69, 9.17) is 0 Å². The molecule has 98 valence electrons. The summed E-state index contributed by atoms with van der Waals surface area (Å²) in [5.74, 6) is 0. The summed E-state index contributed by atoms with van der Waals surface area (Å²) in [6.45, 7) is 0. The third-order valence-electron chi connectivity index (χ3n) is 4.01. The van der Waals surface area contributed by atoms with E-state index in [0.717, 1.165) is 12.8 Å². The highest BCUT2D eigenvalue weighted by Crippen LogP contribution is 2.29. The topological polar surface area (TPSA) is 0 Å². The summed E-state index contributed by atoms with van der Waals surface area (Å²) < 4.78 is 0. The van der Waals surface area contributed by atoms with Crippen molar-refractivity contribution in [2.24, 2.45) is 0 Å². The number of rotatable bonds is 4. The van der Waals surface area contributed by atoms with Crippen molar-refractivity contribution in [2.45, 2.75) is 36.9 Å².